The molecule has 1 fully saturated rings. The van der Waals surface area contributed by atoms with Crippen LogP contribution in [-0.2, 0) is 0 Å². The monoisotopic (exact) mass is 344 g/mol. The summed E-state index contributed by atoms with van der Waals surface area (Å²) in [5, 5.41) is 16.4. The molecule has 5 nitrogen and oxygen atoms in total. The van der Waals surface area contributed by atoms with Crippen LogP contribution >= 0.6 is 0 Å². The molecule has 1 aliphatic rings. The van der Waals surface area contributed by atoms with E-state index in [2.05, 4.69) is 51.4 Å². The quantitative estimate of drug-likeness (QED) is 0.598. The van der Waals surface area contributed by atoms with Crippen molar-refractivity contribution >= 4 is 22.1 Å². The number of benzene rings is 2. The predicted molar refractivity (Wildman–Crippen MR) is 103 cm³/mol. The van der Waals surface area contributed by atoms with Crippen LogP contribution in [-0.4, -0.2) is 32.8 Å². The molecule has 0 bridgehead atoms. The van der Waals surface area contributed by atoms with Crippen molar-refractivity contribution in [3.8, 4) is 5.75 Å². The van der Waals surface area contributed by atoms with Gasteiger partial charge in [0.25, 0.3) is 0 Å². The molecular formula is C21H20N4O. The van der Waals surface area contributed by atoms with Crippen LogP contribution in [0.25, 0.3) is 16.4 Å². The Labute approximate surface area is 151 Å². The normalized spacial score (nSPS) is 15.8. The Bertz CT molecular complexity index is 1070. The summed E-state index contributed by atoms with van der Waals surface area (Å²) in [6, 6.07) is 16.9. The van der Waals surface area contributed by atoms with E-state index in [1.54, 1.807) is 10.7 Å². The molecule has 1 aliphatic heterocycles. The lowest BCUT2D eigenvalue weighted by Crippen LogP contribution is -2.33. The first-order valence-electron chi connectivity index (χ1n) is 9.05. The number of pyridine rings is 1. The third kappa shape index (κ3) is 2.39. The fourth-order valence-corrected chi connectivity index (χ4v) is 4.14. The number of fused-ring (bicyclic) bond motifs is 3. The van der Waals surface area contributed by atoms with Crippen molar-refractivity contribution in [3.63, 3.8) is 0 Å². The second-order valence-corrected chi connectivity index (χ2v) is 6.91. The molecule has 0 saturated carbocycles. The molecule has 0 aliphatic carbocycles. The lowest BCUT2D eigenvalue weighted by Gasteiger charge is -2.34. The predicted octanol–water partition coefficient (Wildman–Crippen LogP) is 3.97. The maximum absolute atomic E-state index is 10.4. The zero-order chi connectivity index (χ0) is 17.5. The lowest BCUT2D eigenvalue weighted by atomic mass is 9.89. The average molecular weight is 344 g/mol. The summed E-state index contributed by atoms with van der Waals surface area (Å²) < 4.78 is 1.65. The van der Waals surface area contributed by atoms with Crippen LogP contribution in [0.4, 0.5) is 5.69 Å². The number of piperidine rings is 1. The smallest absolute Gasteiger partial charge is 0.165 e. The molecule has 2 aromatic heterocycles. The summed E-state index contributed by atoms with van der Waals surface area (Å²) in [6.45, 7) is 1.99. The van der Waals surface area contributed by atoms with Crippen LogP contribution in [0.3, 0.4) is 0 Å². The second-order valence-electron chi connectivity index (χ2n) is 6.91. The minimum atomic E-state index is 0.235. The Balaban J connectivity index is 1.52. The highest BCUT2D eigenvalue weighted by atomic mass is 16.3. The van der Waals surface area contributed by atoms with Crippen molar-refractivity contribution < 1.29 is 5.11 Å². The first-order chi connectivity index (χ1) is 12.8. The Kier molecular flexibility index (Phi) is 3.52. The summed E-state index contributed by atoms with van der Waals surface area (Å²) in [6.07, 6.45) is 5.41. The van der Waals surface area contributed by atoms with Gasteiger partial charge in [-0.25, -0.2) is 9.50 Å². The maximum atomic E-state index is 10.4. The van der Waals surface area contributed by atoms with Gasteiger partial charge in [0.15, 0.2) is 5.65 Å². The van der Waals surface area contributed by atoms with Gasteiger partial charge in [-0.05, 0) is 30.4 Å². The number of nitrogens with zero attached hydrogens (tertiary/aromatic N) is 4. The van der Waals surface area contributed by atoms with E-state index in [1.807, 2.05) is 12.1 Å². The van der Waals surface area contributed by atoms with E-state index in [1.165, 1.54) is 11.9 Å². The number of hydrogen-bond donors (Lipinski definition) is 1. The molecule has 0 unspecified atom stereocenters. The molecule has 4 aromatic rings. The Morgan fingerprint density at radius 3 is 2.58 bits per heavy atom. The topological polar surface area (TPSA) is 53.7 Å². The molecule has 0 atom stereocenters. The van der Waals surface area contributed by atoms with Gasteiger partial charge >= 0.3 is 0 Å². The standard InChI is InChI=1S/C21H20N4O/c26-19-13-25-21(22-14-23-25)20-17(19)7-4-8-18(20)24-11-9-16(10-12-24)15-5-2-1-3-6-15/h1-8,13-14,16,26H,9-12H2. The summed E-state index contributed by atoms with van der Waals surface area (Å²) in [5.74, 6) is 0.850. The Morgan fingerprint density at radius 2 is 1.77 bits per heavy atom. The van der Waals surface area contributed by atoms with E-state index >= 15 is 0 Å². The summed E-state index contributed by atoms with van der Waals surface area (Å²) in [4.78, 5) is 6.83. The molecule has 26 heavy (non-hydrogen) atoms. The molecule has 1 N–H and O–H groups in total. The minimum Gasteiger partial charge on any atom is -0.506 e. The van der Waals surface area contributed by atoms with Gasteiger partial charge in [-0.15, -0.1) is 0 Å². The molecule has 130 valence electrons. The SMILES string of the molecule is Oc1cn2ncnc2c2c(N3CCC(c4ccccc4)CC3)cccc12. The van der Waals surface area contributed by atoms with Gasteiger partial charge in [0, 0.05) is 24.2 Å². The van der Waals surface area contributed by atoms with Crippen LogP contribution in [0.1, 0.15) is 24.3 Å². The molecule has 0 spiro atoms. The zero-order valence-corrected chi connectivity index (χ0v) is 14.4. The fraction of sp³-hybridized carbons (Fsp3) is 0.238. The largest absolute Gasteiger partial charge is 0.506 e. The minimum absolute atomic E-state index is 0.235. The molecule has 0 amide bonds. The van der Waals surface area contributed by atoms with Crippen LogP contribution in [0.5, 0.6) is 5.75 Å². The van der Waals surface area contributed by atoms with Gasteiger partial charge in [0.1, 0.15) is 12.1 Å². The van der Waals surface area contributed by atoms with E-state index in [0.29, 0.717) is 5.92 Å². The van der Waals surface area contributed by atoms with Crippen molar-refractivity contribution in [2.75, 3.05) is 18.0 Å². The van der Waals surface area contributed by atoms with E-state index in [4.69, 9.17) is 0 Å². The number of anilines is 1. The van der Waals surface area contributed by atoms with Crippen LogP contribution in [0, 0.1) is 0 Å². The Hall–Kier alpha value is -3.08. The van der Waals surface area contributed by atoms with Crippen molar-refractivity contribution in [3.05, 3.63) is 66.6 Å². The third-order valence-electron chi connectivity index (χ3n) is 5.47. The molecule has 0 radical (unpaired) electrons. The molecule has 1 saturated heterocycles. The van der Waals surface area contributed by atoms with Crippen LogP contribution in [0.15, 0.2) is 61.1 Å². The Morgan fingerprint density at radius 1 is 0.962 bits per heavy atom. The van der Waals surface area contributed by atoms with Gasteiger partial charge in [0.05, 0.1) is 11.6 Å². The van der Waals surface area contributed by atoms with Gasteiger partial charge in [-0.2, -0.15) is 5.10 Å². The first-order valence-corrected chi connectivity index (χ1v) is 9.05. The van der Waals surface area contributed by atoms with Crippen LogP contribution < -0.4 is 4.90 Å². The molecular weight excluding hydrogens is 324 g/mol. The van der Waals surface area contributed by atoms with E-state index in [-0.39, 0.29) is 5.75 Å². The second kappa shape index (κ2) is 6.02. The zero-order valence-electron chi connectivity index (χ0n) is 14.4. The van der Waals surface area contributed by atoms with E-state index in [0.717, 1.165) is 48.0 Å². The number of aromatic hydroxyl groups is 1. The maximum Gasteiger partial charge on any atom is 0.165 e. The highest BCUT2D eigenvalue weighted by Crippen LogP contribution is 2.37. The fourth-order valence-electron chi connectivity index (χ4n) is 4.14. The van der Waals surface area contributed by atoms with Crippen molar-refractivity contribution in [1.29, 1.82) is 0 Å². The van der Waals surface area contributed by atoms with Crippen molar-refractivity contribution in [1.82, 2.24) is 14.6 Å². The van der Waals surface area contributed by atoms with Crippen molar-refractivity contribution in [2.24, 2.45) is 0 Å². The van der Waals surface area contributed by atoms with Gasteiger partial charge in [0.2, 0.25) is 0 Å². The van der Waals surface area contributed by atoms with Gasteiger partial charge < -0.3 is 10.0 Å². The molecule has 5 heteroatoms. The van der Waals surface area contributed by atoms with Gasteiger partial charge in [-0.3, -0.25) is 0 Å². The van der Waals surface area contributed by atoms with Gasteiger partial charge in [-0.1, -0.05) is 42.5 Å². The third-order valence-corrected chi connectivity index (χ3v) is 5.47. The van der Waals surface area contributed by atoms with E-state index in [9.17, 15) is 5.11 Å². The molecule has 3 heterocycles. The molecule has 2 aromatic carbocycles. The highest BCUT2D eigenvalue weighted by Gasteiger charge is 2.23. The van der Waals surface area contributed by atoms with Crippen LogP contribution in [0.2, 0.25) is 0 Å². The average Bonchev–Trinajstić information content (AvgIpc) is 3.17. The number of rotatable bonds is 2. The van der Waals surface area contributed by atoms with Crippen molar-refractivity contribution in [2.45, 2.75) is 18.8 Å². The summed E-state index contributed by atoms with van der Waals surface area (Å²) >= 11 is 0. The lowest BCUT2D eigenvalue weighted by molar-refractivity contribution is 0.477. The molecule has 5 rings (SSSR count). The summed E-state index contributed by atoms with van der Waals surface area (Å²) in [7, 11) is 0. The number of hydrogen-bond acceptors (Lipinski definition) is 4. The summed E-state index contributed by atoms with van der Waals surface area (Å²) in [5.41, 5.74) is 3.35. The van der Waals surface area contributed by atoms with E-state index < -0.39 is 0 Å². The number of aromatic nitrogens is 3. The highest BCUT2D eigenvalue weighted by molar-refractivity contribution is 6.06. The first kappa shape index (κ1) is 15.2.